The molecule has 0 saturated carbocycles. The molecule has 0 radical (unpaired) electrons. The first-order valence-electron chi connectivity index (χ1n) is 6.27. The highest BCUT2D eigenvalue weighted by molar-refractivity contribution is 5.72. The SMILES string of the molecule is Cc1cccc(C)c1CNCC(=O)OC(C)(C)C. The molecule has 1 N–H and O–H groups in total. The predicted molar refractivity (Wildman–Crippen MR) is 73.5 cm³/mol. The number of hydrogen-bond donors (Lipinski definition) is 1. The molecule has 0 heterocycles. The number of esters is 1. The van der Waals surface area contributed by atoms with Crippen LogP contribution >= 0.6 is 0 Å². The molecule has 100 valence electrons. The Kier molecular flexibility index (Phi) is 4.91. The van der Waals surface area contributed by atoms with Gasteiger partial charge < -0.3 is 10.1 Å². The van der Waals surface area contributed by atoms with Crippen LogP contribution < -0.4 is 5.32 Å². The number of hydrogen-bond acceptors (Lipinski definition) is 3. The van der Waals surface area contributed by atoms with E-state index in [-0.39, 0.29) is 12.5 Å². The normalized spacial score (nSPS) is 11.4. The van der Waals surface area contributed by atoms with E-state index in [1.807, 2.05) is 26.8 Å². The Morgan fingerprint density at radius 2 is 1.78 bits per heavy atom. The second kappa shape index (κ2) is 6.01. The molecule has 1 rings (SSSR count). The van der Waals surface area contributed by atoms with Crippen LogP contribution in [0, 0.1) is 13.8 Å². The maximum atomic E-state index is 11.5. The van der Waals surface area contributed by atoms with Crippen molar-refractivity contribution in [3.63, 3.8) is 0 Å². The van der Waals surface area contributed by atoms with Gasteiger partial charge in [0.1, 0.15) is 5.60 Å². The van der Waals surface area contributed by atoms with Crippen LogP contribution in [-0.2, 0) is 16.1 Å². The minimum Gasteiger partial charge on any atom is -0.459 e. The molecule has 0 unspecified atom stereocenters. The summed E-state index contributed by atoms with van der Waals surface area (Å²) < 4.78 is 5.23. The fourth-order valence-corrected chi connectivity index (χ4v) is 1.79. The molecule has 3 heteroatoms. The number of rotatable bonds is 4. The maximum absolute atomic E-state index is 11.5. The number of benzene rings is 1. The van der Waals surface area contributed by atoms with Crippen molar-refractivity contribution < 1.29 is 9.53 Å². The average Bonchev–Trinajstić information content (AvgIpc) is 2.19. The molecule has 0 aliphatic heterocycles. The van der Waals surface area contributed by atoms with E-state index in [1.54, 1.807) is 0 Å². The van der Waals surface area contributed by atoms with Crippen molar-refractivity contribution in [2.75, 3.05) is 6.54 Å². The van der Waals surface area contributed by atoms with Crippen molar-refractivity contribution in [1.82, 2.24) is 5.32 Å². The third-order valence-electron chi connectivity index (χ3n) is 2.64. The molecular weight excluding hydrogens is 226 g/mol. The van der Waals surface area contributed by atoms with Crippen molar-refractivity contribution in [3.8, 4) is 0 Å². The molecule has 0 bridgehead atoms. The molecule has 18 heavy (non-hydrogen) atoms. The minimum absolute atomic E-state index is 0.214. The lowest BCUT2D eigenvalue weighted by Crippen LogP contribution is -2.31. The summed E-state index contributed by atoms with van der Waals surface area (Å²) in [6.45, 7) is 10.7. The summed E-state index contributed by atoms with van der Waals surface area (Å²) in [5.74, 6) is -0.214. The van der Waals surface area contributed by atoms with Crippen LogP contribution in [0.15, 0.2) is 18.2 Å². The first-order chi connectivity index (χ1) is 8.29. The topological polar surface area (TPSA) is 38.3 Å². The zero-order valence-electron chi connectivity index (χ0n) is 12.0. The monoisotopic (exact) mass is 249 g/mol. The lowest BCUT2D eigenvalue weighted by molar-refractivity contribution is -0.153. The van der Waals surface area contributed by atoms with Crippen LogP contribution in [-0.4, -0.2) is 18.1 Å². The van der Waals surface area contributed by atoms with Crippen molar-refractivity contribution in [3.05, 3.63) is 34.9 Å². The molecule has 0 atom stereocenters. The van der Waals surface area contributed by atoms with E-state index < -0.39 is 5.60 Å². The fourth-order valence-electron chi connectivity index (χ4n) is 1.79. The Bertz CT molecular complexity index is 399. The summed E-state index contributed by atoms with van der Waals surface area (Å²) in [7, 11) is 0. The average molecular weight is 249 g/mol. The molecule has 1 aromatic carbocycles. The largest absolute Gasteiger partial charge is 0.459 e. The summed E-state index contributed by atoms with van der Waals surface area (Å²) in [6.07, 6.45) is 0. The molecule has 0 amide bonds. The van der Waals surface area contributed by atoms with Crippen molar-refractivity contribution in [2.45, 2.75) is 46.8 Å². The predicted octanol–water partition coefficient (Wildman–Crippen LogP) is 2.73. The zero-order valence-corrected chi connectivity index (χ0v) is 12.0. The van der Waals surface area contributed by atoms with Crippen LogP contribution in [0.5, 0.6) is 0 Å². The van der Waals surface area contributed by atoms with Gasteiger partial charge in [-0.2, -0.15) is 0 Å². The van der Waals surface area contributed by atoms with Gasteiger partial charge in [0.25, 0.3) is 0 Å². The summed E-state index contributed by atoms with van der Waals surface area (Å²) in [4.78, 5) is 11.5. The van der Waals surface area contributed by atoms with E-state index >= 15 is 0 Å². The first-order valence-corrected chi connectivity index (χ1v) is 6.27. The quantitative estimate of drug-likeness (QED) is 0.834. The van der Waals surface area contributed by atoms with Crippen LogP contribution in [0.25, 0.3) is 0 Å². The first kappa shape index (κ1) is 14.7. The highest BCUT2D eigenvalue weighted by Crippen LogP contribution is 2.12. The molecule has 0 aromatic heterocycles. The van der Waals surface area contributed by atoms with Crippen LogP contribution in [0.4, 0.5) is 0 Å². The Morgan fingerprint density at radius 3 is 2.28 bits per heavy atom. The molecule has 0 spiro atoms. The highest BCUT2D eigenvalue weighted by Gasteiger charge is 2.15. The van der Waals surface area contributed by atoms with Crippen molar-refractivity contribution in [1.29, 1.82) is 0 Å². The van der Waals surface area contributed by atoms with Gasteiger partial charge in [0, 0.05) is 6.54 Å². The second-order valence-corrected chi connectivity index (χ2v) is 5.56. The third kappa shape index (κ3) is 4.88. The molecule has 0 fully saturated rings. The smallest absolute Gasteiger partial charge is 0.320 e. The van der Waals surface area contributed by atoms with Gasteiger partial charge in [-0.15, -0.1) is 0 Å². The van der Waals surface area contributed by atoms with Gasteiger partial charge in [-0.3, -0.25) is 4.79 Å². The van der Waals surface area contributed by atoms with E-state index in [0.717, 1.165) is 0 Å². The number of carbonyl (C=O) groups excluding carboxylic acids is 1. The second-order valence-electron chi connectivity index (χ2n) is 5.56. The van der Waals surface area contributed by atoms with Crippen molar-refractivity contribution in [2.24, 2.45) is 0 Å². The van der Waals surface area contributed by atoms with Gasteiger partial charge >= 0.3 is 5.97 Å². The van der Waals surface area contributed by atoms with Gasteiger partial charge in [-0.25, -0.2) is 0 Å². The van der Waals surface area contributed by atoms with E-state index in [1.165, 1.54) is 16.7 Å². The Hall–Kier alpha value is -1.35. The Balaban J connectivity index is 2.45. The zero-order chi connectivity index (χ0) is 13.8. The molecule has 3 nitrogen and oxygen atoms in total. The van der Waals surface area contributed by atoms with Crippen LogP contribution in [0.2, 0.25) is 0 Å². The maximum Gasteiger partial charge on any atom is 0.320 e. The molecule has 0 aliphatic rings. The third-order valence-corrected chi connectivity index (χ3v) is 2.64. The van der Waals surface area contributed by atoms with E-state index in [2.05, 4.69) is 31.3 Å². The highest BCUT2D eigenvalue weighted by atomic mass is 16.6. The van der Waals surface area contributed by atoms with Gasteiger partial charge in [0.2, 0.25) is 0 Å². The Morgan fingerprint density at radius 1 is 1.22 bits per heavy atom. The number of nitrogens with one attached hydrogen (secondary N) is 1. The fraction of sp³-hybridized carbons (Fsp3) is 0.533. The molecular formula is C15H23NO2. The lowest BCUT2D eigenvalue weighted by Gasteiger charge is -2.19. The summed E-state index contributed by atoms with van der Waals surface area (Å²) in [6, 6.07) is 6.21. The molecule has 1 aromatic rings. The summed E-state index contributed by atoms with van der Waals surface area (Å²) in [5, 5.41) is 3.13. The lowest BCUT2D eigenvalue weighted by atomic mass is 10.0. The Labute approximate surface area is 110 Å². The number of carbonyl (C=O) groups is 1. The molecule has 0 saturated heterocycles. The van der Waals surface area contributed by atoms with Crippen LogP contribution in [0.3, 0.4) is 0 Å². The van der Waals surface area contributed by atoms with E-state index in [4.69, 9.17) is 4.74 Å². The molecule has 0 aliphatic carbocycles. The number of ether oxygens (including phenoxy) is 1. The van der Waals surface area contributed by atoms with Crippen LogP contribution in [0.1, 0.15) is 37.5 Å². The van der Waals surface area contributed by atoms with Gasteiger partial charge in [0.05, 0.1) is 6.54 Å². The van der Waals surface area contributed by atoms with Gasteiger partial charge in [-0.05, 0) is 51.3 Å². The number of aryl methyl sites for hydroxylation is 2. The van der Waals surface area contributed by atoms with Gasteiger partial charge in [-0.1, -0.05) is 18.2 Å². The van der Waals surface area contributed by atoms with Crippen molar-refractivity contribution >= 4 is 5.97 Å². The summed E-state index contributed by atoms with van der Waals surface area (Å²) >= 11 is 0. The van der Waals surface area contributed by atoms with Gasteiger partial charge in [0.15, 0.2) is 0 Å². The minimum atomic E-state index is -0.419. The van der Waals surface area contributed by atoms with E-state index in [0.29, 0.717) is 6.54 Å². The van der Waals surface area contributed by atoms with E-state index in [9.17, 15) is 4.79 Å². The summed E-state index contributed by atoms with van der Waals surface area (Å²) in [5.41, 5.74) is 3.32. The standard InChI is InChI=1S/C15H23NO2/c1-11-7-6-8-12(2)13(11)9-16-10-14(17)18-15(3,4)5/h6-8,16H,9-10H2,1-5H3.